The molecule has 0 bridgehead atoms. The largest absolute Gasteiger partial charge is 0.324 e. The third kappa shape index (κ3) is 3.05. The SMILES string of the molecule is CSc1ccc([C@H](C)N)cc1.Cl. The lowest BCUT2D eigenvalue weighted by Gasteiger charge is -2.04. The molecule has 0 aliphatic carbocycles. The van der Waals surface area contributed by atoms with Crippen molar-refractivity contribution in [1.82, 2.24) is 0 Å². The summed E-state index contributed by atoms with van der Waals surface area (Å²) in [5.41, 5.74) is 6.90. The van der Waals surface area contributed by atoms with Crippen LogP contribution < -0.4 is 5.73 Å². The summed E-state index contributed by atoms with van der Waals surface area (Å²) in [6.07, 6.45) is 2.07. The van der Waals surface area contributed by atoms with Gasteiger partial charge in [-0.3, -0.25) is 0 Å². The molecule has 0 amide bonds. The molecule has 0 aromatic heterocycles. The number of nitrogens with two attached hydrogens (primary N) is 1. The Morgan fingerprint density at radius 3 is 2.08 bits per heavy atom. The van der Waals surface area contributed by atoms with Gasteiger partial charge in [-0.05, 0) is 30.9 Å². The molecular formula is C9H14ClNS. The van der Waals surface area contributed by atoms with Gasteiger partial charge in [-0.2, -0.15) is 0 Å². The van der Waals surface area contributed by atoms with Crippen molar-refractivity contribution in [1.29, 1.82) is 0 Å². The van der Waals surface area contributed by atoms with Crippen LogP contribution >= 0.6 is 24.2 Å². The standard InChI is InChI=1S/C9H13NS.ClH/c1-7(10)8-3-5-9(11-2)6-4-8;/h3-7H,10H2,1-2H3;1H/t7-;/m0./s1. The third-order valence-electron chi connectivity index (χ3n) is 1.64. The molecule has 0 saturated heterocycles. The Bertz CT molecular complexity index is 220. The van der Waals surface area contributed by atoms with E-state index in [2.05, 4.69) is 30.5 Å². The second-order valence-corrected chi connectivity index (χ2v) is 3.44. The van der Waals surface area contributed by atoms with E-state index in [1.54, 1.807) is 11.8 Å². The lowest BCUT2D eigenvalue weighted by Crippen LogP contribution is -2.04. The maximum absolute atomic E-state index is 5.70. The highest BCUT2D eigenvalue weighted by atomic mass is 35.5. The summed E-state index contributed by atoms with van der Waals surface area (Å²) in [6.45, 7) is 1.99. The third-order valence-corrected chi connectivity index (χ3v) is 2.39. The van der Waals surface area contributed by atoms with Crippen molar-refractivity contribution in [3.63, 3.8) is 0 Å². The van der Waals surface area contributed by atoms with Crippen LogP contribution in [0.25, 0.3) is 0 Å². The Morgan fingerprint density at radius 2 is 1.75 bits per heavy atom. The molecule has 3 heteroatoms. The minimum atomic E-state index is 0. The van der Waals surface area contributed by atoms with Crippen molar-refractivity contribution in [2.75, 3.05) is 6.26 Å². The fourth-order valence-electron chi connectivity index (χ4n) is 0.907. The van der Waals surface area contributed by atoms with E-state index in [1.807, 2.05) is 6.92 Å². The zero-order valence-corrected chi connectivity index (χ0v) is 8.91. The predicted molar refractivity (Wildman–Crippen MR) is 58.1 cm³/mol. The molecule has 0 aliphatic heterocycles. The van der Waals surface area contributed by atoms with Gasteiger partial charge >= 0.3 is 0 Å². The molecule has 0 radical (unpaired) electrons. The van der Waals surface area contributed by atoms with Gasteiger partial charge < -0.3 is 5.73 Å². The quantitative estimate of drug-likeness (QED) is 0.749. The van der Waals surface area contributed by atoms with Crippen LogP contribution in [0.1, 0.15) is 18.5 Å². The van der Waals surface area contributed by atoms with Crippen LogP contribution in [0.15, 0.2) is 29.2 Å². The van der Waals surface area contributed by atoms with E-state index >= 15 is 0 Å². The van der Waals surface area contributed by atoms with Crippen molar-refractivity contribution in [3.8, 4) is 0 Å². The van der Waals surface area contributed by atoms with E-state index in [9.17, 15) is 0 Å². The van der Waals surface area contributed by atoms with Crippen LogP contribution in [0.2, 0.25) is 0 Å². The van der Waals surface area contributed by atoms with Gasteiger partial charge in [-0.15, -0.1) is 24.2 Å². The molecule has 68 valence electrons. The van der Waals surface area contributed by atoms with E-state index in [0.717, 1.165) is 0 Å². The predicted octanol–water partition coefficient (Wildman–Crippen LogP) is 2.85. The number of halogens is 1. The molecule has 0 heterocycles. The first-order chi connectivity index (χ1) is 5.24. The number of hydrogen-bond acceptors (Lipinski definition) is 2. The fourth-order valence-corrected chi connectivity index (χ4v) is 1.32. The Labute approximate surface area is 84.1 Å². The van der Waals surface area contributed by atoms with Crippen LogP contribution in [0.5, 0.6) is 0 Å². The molecule has 1 nitrogen and oxygen atoms in total. The minimum Gasteiger partial charge on any atom is -0.324 e. The summed E-state index contributed by atoms with van der Waals surface area (Å²) in [5.74, 6) is 0. The van der Waals surface area contributed by atoms with Gasteiger partial charge in [-0.1, -0.05) is 12.1 Å². The molecule has 1 aromatic carbocycles. The smallest absolute Gasteiger partial charge is 0.0266 e. The number of benzene rings is 1. The van der Waals surface area contributed by atoms with Crippen LogP contribution in [0.3, 0.4) is 0 Å². The maximum atomic E-state index is 5.70. The molecule has 1 aromatic rings. The Morgan fingerprint density at radius 1 is 1.25 bits per heavy atom. The summed E-state index contributed by atoms with van der Waals surface area (Å²) in [5, 5.41) is 0. The number of thioether (sulfide) groups is 1. The molecule has 0 saturated carbocycles. The van der Waals surface area contributed by atoms with E-state index in [4.69, 9.17) is 5.73 Å². The zero-order valence-electron chi connectivity index (χ0n) is 7.28. The fraction of sp³-hybridized carbons (Fsp3) is 0.333. The van der Waals surface area contributed by atoms with Gasteiger partial charge in [0.25, 0.3) is 0 Å². The van der Waals surface area contributed by atoms with E-state index in [1.165, 1.54) is 10.5 Å². The van der Waals surface area contributed by atoms with Crippen LogP contribution in [0, 0.1) is 0 Å². The highest BCUT2D eigenvalue weighted by Gasteiger charge is 1.97. The van der Waals surface area contributed by atoms with E-state index < -0.39 is 0 Å². The van der Waals surface area contributed by atoms with Crippen molar-refractivity contribution < 1.29 is 0 Å². The summed E-state index contributed by atoms with van der Waals surface area (Å²) < 4.78 is 0. The van der Waals surface area contributed by atoms with E-state index in [0.29, 0.717) is 0 Å². The summed E-state index contributed by atoms with van der Waals surface area (Å²) in [6, 6.07) is 8.51. The van der Waals surface area contributed by atoms with Gasteiger partial charge in [0, 0.05) is 10.9 Å². The lowest BCUT2D eigenvalue weighted by atomic mass is 10.1. The van der Waals surface area contributed by atoms with Crippen molar-refractivity contribution in [3.05, 3.63) is 29.8 Å². The van der Waals surface area contributed by atoms with Crippen molar-refractivity contribution in [2.24, 2.45) is 5.73 Å². The van der Waals surface area contributed by atoms with Gasteiger partial charge in [0.05, 0.1) is 0 Å². The van der Waals surface area contributed by atoms with Crippen LogP contribution in [0.4, 0.5) is 0 Å². The van der Waals surface area contributed by atoms with Crippen LogP contribution in [-0.4, -0.2) is 6.26 Å². The topological polar surface area (TPSA) is 26.0 Å². The van der Waals surface area contributed by atoms with Gasteiger partial charge in [0.2, 0.25) is 0 Å². The van der Waals surface area contributed by atoms with Gasteiger partial charge in [0.1, 0.15) is 0 Å². The Kier molecular flexibility index (Phi) is 5.38. The van der Waals surface area contributed by atoms with Crippen LogP contribution in [-0.2, 0) is 0 Å². The minimum absolute atomic E-state index is 0. The summed E-state index contributed by atoms with van der Waals surface area (Å²) >= 11 is 1.75. The highest BCUT2D eigenvalue weighted by molar-refractivity contribution is 7.98. The Balaban J connectivity index is 0.00000121. The highest BCUT2D eigenvalue weighted by Crippen LogP contribution is 2.17. The van der Waals surface area contributed by atoms with Gasteiger partial charge in [0.15, 0.2) is 0 Å². The molecule has 1 rings (SSSR count). The summed E-state index contributed by atoms with van der Waals surface area (Å²) in [7, 11) is 0. The lowest BCUT2D eigenvalue weighted by molar-refractivity contribution is 0.817. The summed E-state index contributed by atoms with van der Waals surface area (Å²) in [4.78, 5) is 1.29. The molecule has 1 atom stereocenters. The average Bonchev–Trinajstić information content (AvgIpc) is 2.05. The second kappa shape index (κ2) is 5.46. The number of hydrogen-bond donors (Lipinski definition) is 1. The molecule has 0 aliphatic rings. The second-order valence-electron chi connectivity index (χ2n) is 2.56. The molecule has 12 heavy (non-hydrogen) atoms. The first-order valence-electron chi connectivity index (χ1n) is 3.63. The molecule has 0 fully saturated rings. The monoisotopic (exact) mass is 203 g/mol. The molecular weight excluding hydrogens is 190 g/mol. The normalized spacial score (nSPS) is 11.9. The molecule has 2 N–H and O–H groups in total. The average molecular weight is 204 g/mol. The maximum Gasteiger partial charge on any atom is 0.0266 e. The first-order valence-corrected chi connectivity index (χ1v) is 4.86. The van der Waals surface area contributed by atoms with Gasteiger partial charge in [-0.25, -0.2) is 0 Å². The molecule has 0 unspecified atom stereocenters. The zero-order chi connectivity index (χ0) is 8.27. The van der Waals surface area contributed by atoms with Crippen molar-refractivity contribution >= 4 is 24.2 Å². The van der Waals surface area contributed by atoms with Crippen molar-refractivity contribution in [2.45, 2.75) is 17.9 Å². The molecule has 0 spiro atoms. The first kappa shape index (κ1) is 11.8. The van der Waals surface area contributed by atoms with E-state index in [-0.39, 0.29) is 18.4 Å². The Hall–Kier alpha value is -0.180. The number of rotatable bonds is 2.